The van der Waals surface area contributed by atoms with Crippen LogP contribution in [0.1, 0.15) is 38.1 Å². The van der Waals surface area contributed by atoms with Crippen LogP contribution in [0.4, 0.5) is 0 Å². The van der Waals surface area contributed by atoms with E-state index in [9.17, 15) is 4.79 Å². The van der Waals surface area contributed by atoms with Gasteiger partial charge in [-0.1, -0.05) is 6.42 Å². The number of hydrogen-bond acceptors (Lipinski definition) is 4. The molecule has 2 atom stereocenters. The minimum Gasteiger partial charge on any atom is -0.339 e. The van der Waals surface area contributed by atoms with Crippen LogP contribution in [0.15, 0.2) is 12.7 Å². The van der Waals surface area contributed by atoms with Gasteiger partial charge in [0.25, 0.3) is 0 Å². The second-order valence-corrected chi connectivity index (χ2v) is 5.95. The smallest absolute Gasteiger partial charge is 0.239 e. The Morgan fingerprint density at radius 1 is 1.20 bits per heavy atom. The van der Waals surface area contributed by atoms with E-state index < -0.39 is 0 Å². The highest BCUT2D eigenvalue weighted by Crippen LogP contribution is 2.23. The van der Waals surface area contributed by atoms with Crippen molar-refractivity contribution in [2.75, 3.05) is 26.7 Å². The minimum atomic E-state index is 0.0817. The molecule has 0 spiro atoms. The number of aromatic nitrogens is 3. The van der Waals surface area contributed by atoms with Gasteiger partial charge in [0.1, 0.15) is 12.7 Å². The van der Waals surface area contributed by atoms with Gasteiger partial charge in [0.2, 0.25) is 5.91 Å². The SMILES string of the molecule is CN1CCCC[C@H]1C(=O)N1CCC[C@H](n2cncn2)C1. The molecule has 0 unspecified atom stereocenters. The number of carbonyl (C=O) groups is 1. The third-order valence-electron chi connectivity index (χ3n) is 4.57. The topological polar surface area (TPSA) is 54.3 Å². The lowest BCUT2D eigenvalue weighted by molar-refractivity contribution is -0.139. The molecule has 6 heteroatoms. The number of carbonyl (C=O) groups excluding carboxylic acids is 1. The largest absolute Gasteiger partial charge is 0.339 e. The van der Waals surface area contributed by atoms with Gasteiger partial charge in [0.15, 0.2) is 0 Å². The molecule has 3 rings (SSSR count). The van der Waals surface area contributed by atoms with Gasteiger partial charge in [-0.15, -0.1) is 0 Å². The van der Waals surface area contributed by atoms with Gasteiger partial charge in [0.05, 0.1) is 12.1 Å². The summed E-state index contributed by atoms with van der Waals surface area (Å²) in [4.78, 5) is 21.0. The number of likely N-dealkylation sites (tertiary alicyclic amines) is 2. The van der Waals surface area contributed by atoms with E-state index in [4.69, 9.17) is 0 Å². The summed E-state index contributed by atoms with van der Waals surface area (Å²) in [5.41, 5.74) is 0. The fraction of sp³-hybridized carbons (Fsp3) is 0.786. The molecule has 1 amide bonds. The zero-order chi connectivity index (χ0) is 13.9. The second kappa shape index (κ2) is 5.91. The quantitative estimate of drug-likeness (QED) is 0.807. The number of likely N-dealkylation sites (N-methyl/N-ethyl adjacent to an activating group) is 1. The van der Waals surface area contributed by atoms with Gasteiger partial charge < -0.3 is 4.90 Å². The summed E-state index contributed by atoms with van der Waals surface area (Å²) in [6.07, 6.45) is 8.82. The molecule has 0 saturated carbocycles. The Balaban J connectivity index is 1.65. The molecule has 6 nitrogen and oxygen atoms in total. The Hall–Kier alpha value is -1.43. The maximum absolute atomic E-state index is 12.7. The number of rotatable bonds is 2. The average Bonchev–Trinajstić information content (AvgIpc) is 3.01. The van der Waals surface area contributed by atoms with E-state index in [1.165, 1.54) is 12.8 Å². The fourth-order valence-corrected chi connectivity index (χ4v) is 3.37. The highest BCUT2D eigenvalue weighted by atomic mass is 16.2. The van der Waals surface area contributed by atoms with Crippen molar-refractivity contribution in [3.05, 3.63) is 12.7 Å². The summed E-state index contributed by atoms with van der Waals surface area (Å²) in [7, 11) is 2.07. The van der Waals surface area contributed by atoms with Crippen LogP contribution >= 0.6 is 0 Å². The van der Waals surface area contributed by atoms with Gasteiger partial charge in [-0.05, 0) is 39.3 Å². The third-order valence-corrected chi connectivity index (χ3v) is 4.57. The van der Waals surface area contributed by atoms with Crippen molar-refractivity contribution in [2.45, 2.75) is 44.2 Å². The van der Waals surface area contributed by atoms with Crippen molar-refractivity contribution in [1.82, 2.24) is 24.6 Å². The molecule has 1 aromatic rings. The lowest BCUT2D eigenvalue weighted by Gasteiger charge is -2.38. The lowest BCUT2D eigenvalue weighted by Crippen LogP contribution is -2.52. The van der Waals surface area contributed by atoms with E-state index in [-0.39, 0.29) is 12.1 Å². The van der Waals surface area contributed by atoms with E-state index >= 15 is 0 Å². The molecule has 0 N–H and O–H groups in total. The molecular formula is C14H23N5O. The molecule has 110 valence electrons. The maximum Gasteiger partial charge on any atom is 0.239 e. The number of hydrogen-bond donors (Lipinski definition) is 0. The predicted molar refractivity (Wildman–Crippen MR) is 75.1 cm³/mol. The van der Waals surface area contributed by atoms with E-state index in [1.807, 2.05) is 9.58 Å². The molecule has 0 bridgehead atoms. The monoisotopic (exact) mass is 277 g/mol. The summed E-state index contributed by atoms with van der Waals surface area (Å²) in [6, 6.07) is 0.363. The molecular weight excluding hydrogens is 254 g/mol. The normalized spacial score (nSPS) is 28.6. The minimum absolute atomic E-state index is 0.0817. The van der Waals surface area contributed by atoms with Crippen LogP contribution in [0, 0.1) is 0 Å². The first-order valence-electron chi connectivity index (χ1n) is 7.59. The summed E-state index contributed by atoms with van der Waals surface area (Å²) >= 11 is 0. The first-order chi connectivity index (χ1) is 9.75. The van der Waals surface area contributed by atoms with Crippen molar-refractivity contribution >= 4 is 5.91 Å². The van der Waals surface area contributed by atoms with E-state index in [2.05, 4.69) is 22.0 Å². The Kier molecular flexibility index (Phi) is 4.00. The van der Waals surface area contributed by atoms with Crippen LogP contribution in [0.5, 0.6) is 0 Å². The van der Waals surface area contributed by atoms with Gasteiger partial charge in [-0.3, -0.25) is 9.69 Å². The summed E-state index contributed by atoms with van der Waals surface area (Å²) in [6.45, 7) is 2.69. The Morgan fingerprint density at radius 2 is 2.10 bits per heavy atom. The highest BCUT2D eigenvalue weighted by Gasteiger charge is 2.32. The first kappa shape index (κ1) is 13.5. The molecule has 0 aliphatic carbocycles. The van der Waals surface area contributed by atoms with Crippen LogP contribution < -0.4 is 0 Å². The van der Waals surface area contributed by atoms with Crippen LogP contribution in [-0.2, 0) is 4.79 Å². The van der Waals surface area contributed by atoms with Gasteiger partial charge in [0, 0.05) is 13.1 Å². The zero-order valence-electron chi connectivity index (χ0n) is 12.1. The molecule has 20 heavy (non-hydrogen) atoms. The number of piperidine rings is 2. The number of amides is 1. The molecule has 0 radical (unpaired) electrons. The Morgan fingerprint density at radius 3 is 2.85 bits per heavy atom. The van der Waals surface area contributed by atoms with Crippen molar-refractivity contribution < 1.29 is 4.79 Å². The zero-order valence-corrected chi connectivity index (χ0v) is 12.1. The van der Waals surface area contributed by atoms with Gasteiger partial charge >= 0.3 is 0 Å². The summed E-state index contributed by atoms with van der Waals surface area (Å²) in [5, 5.41) is 4.22. The molecule has 2 aliphatic rings. The predicted octanol–water partition coefficient (Wildman–Crippen LogP) is 0.926. The van der Waals surface area contributed by atoms with Crippen molar-refractivity contribution in [3.63, 3.8) is 0 Å². The highest BCUT2D eigenvalue weighted by molar-refractivity contribution is 5.82. The second-order valence-electron chi connectivity index (χ2n) is 5.95. The maximum atomic E-state index is 12.7. The summed E-state index contributed by atoms with van der Waals surface area (Å²) in [5.74, 6) is 0.303. The van der Waals surface area contributed by atoms with E-state index in [0.717, 1.165) is 38.9 Å². The Bertz CT molecular complexity index is 446. The number of nitrogens with zero attached hydrogens (tertiary/aromatic N) is 5. The standard InChI is InChI=1S/C14H23N5O/c1-17-7-3-2-6-13(17)14(20)18-8-4-5-12(9-18)19-11-15-10-16-19/h10-13H,2-9H2,1H3/t12-,13-/m0/s1. The van der Waals surface area contributed by atoms with Crippen LogP contribution in [-0.4, -0.2) is 63.2 Å². The average molecular weight is 277 g/mol. The van der Waals surface area contributed by atoms with Crippen molar-refractivity contribution in [1.29, 1.82) is 0 Å². The first-order valence-corrected chi connectivity index (χ1v) is 7.59. The molecule has 2 fully saturated rings. The lowest BCUT2D eigenvalue weighted by atomic mass is 9.99. The van der Waals surface area contributed by atoms with Crippen molar-refractivity contribution in [3.8, 4) is 0 Å². The van der Waals surface area contributed by atoms with Gasteiger partial charge in [-0.25, -0.2) is 9.67 Å². The molecule has 0 aromatic carbocycles. The van der Waals surface area contributed by atoms with Gasteiger partial charge in [-0.2, -0.15) is 5.10 Å². The fourth-order valence-electron chi connectivity index (χ4n) is 3.37. The molecule has 3 heterocycles. The third kappa shape index (κ3) is 2.70. The van der Waals surface area contributed by atoms with Crippen LogP contribution in [0.25, 0.3) is 0 Å². The molecule has 2 aliphatic heterocycles. The van der Waals surface area contributed by atoms with Crippen molar-refractivity contribution in [2.24, 2.45) is 0 Å². The Labute approximate surface area is 119 Å². The van der Waals surface area contributed by atoms with E-state index in [1.54, 1.807) is 12.7 Å². The van der Waals surface area contributed by atoms with E-state index in [0.29, 0.717) is 5.91 Å². The molecule has 2 saturated heterocycles. The molecule has 1 aromatic heterocycles. The summed E-state index contributed by atoms with van der Waals surface area (Å²) < 4.78 is 1.89. The van der Waals surface area contributed by atoms with Crippen LogP contribution in [0.3, 0.4) is 0 Å². The van der Waals surface area contributed by atoms with Crippen LogP contribution in [0.2, 0.25) is 0 Å².